The lowest BCUT2D eigenvalue weighted by molar-refractivity contribution is -0.135. The molecule has 0 amide bonds. The Morgan fingerprint density at radius 1 is 1.23 bits per heavy atom. The van der Waals surface area contributed by atoms with E-state index in [0.29, 0.717) is 0 Å². The molecule has 0 unspecified atom stereocenters. The van der Waals surface area contributed by atoms with E-state index in [1.54, 1.807) is 0 Å². The van der Waals surface area contributed by atoms with Crippen LogP contribution >= 0.6 is 34.8 Å². The van der Waals surface area contributed by atoms with Gasteiger partial charge in [0, 0.05) is 13.2 Å². The number of ether oxygens (including phenoxy) is 1. The quantitative estimate of drug-likeness (QED) is 0.663. The van der Waals surface area contributed by atoms with Crippen LogP contribution in [0, 0.1) is 0 Å². The molecule has 80 valence electrons. The summed E-state index contributed by atoms with van der Waals surface area (Å²) in [5, 5.41) is 7.85. The van der Waals surface area contributed by atoms with E-state index in [4.69, 9.17) is 44.6 Å². The van der Waals surface area contributed by atoms with Crippen molar-refractivity contribution in [3.8, 4) is 0 Å². The topological polar surface area (TPSA) is 78.0 Å². The molecule has 0 bridgehead atoms. The Morgan fingerprint density at radius 3 is 1.62 bits per heavy atom. The highest BCUT2D eigenvalue weighted by Gasteiger charge is 2.29. The van der Waals surface area contributed by atoms with E-state index in [9.17, 15) is 4.79 Å². The van der Waals surface area contributed by atoms with E-state index in [0.717, 1.165) is 13.2 Å². The minimum atomic E-state index is -2.17. The highest BCUT2D eigenvalue weighted by molar-refractivity contribution is 6.75. The van der Waals surface area contributed by atoms with E-state index in [2.05, 4.69) is 0 Å². The maximum atomic E-state index is 9.62. The molecule has 3 N–H and O–H groups in total. The summed E-state index contributed by atoms with van der Waals surface area (Å²) in [6, 6.07) is 0. The fourth-order valence-corrected chi connectivity index (χ4v) is 0.510. The number of halogens is 3. The Hall–Kier alpha value is 0.260. The van der Waals surface area contributed by atoms with Gasteiger partial charge in [-0.05, 0) is 12.8 Å². The first-order valence-corrected chi connectivity index (χ1v) is 4.46. The number of aliphatic carboxylic acids is 1. The average molecular weight is 254 g/mol. The predicted molar refractivity (Wildman–Crippen MR) is 51.6 cm³/mol. The van der Waals surface area contributed by atoms with Crippen LogP contribution < -0.4 is 0 Å². The molecular formula is C6H11Cl3O4. The van der Waals surface area contributed by atoms with Crippen molar-refractivity contribution < 1.29 is 20.1 Å². The van der Waals surface area contributed by atoms with Crippen molar-refractivity contribution >= 4 is 40.8 Å². The van der Waals surface area contributed by atoms with Gasteiger partial charge in [0.25, 0.3) is 3.79 Å². The molecule has 1 heterocycles. The molecule has 0 saturated carbocycles. The summed E-state index contributed by atoms with van der Waals surface area (Å²) in [4.78, 5) is 9.62. The molecule has 0 aromatic rings. The van der Waals surface area contributed by atoms with Gasteiger partial charge in [-0.1, -0.05) is 34.8 Å². The first-order valence-electron chi connectivity index (χ1n) is 3.32. The molecule has 1 saturated heterocycles. The van der Waals surface area contributed by atoms with E-state index >= 15 is 0 Å². The fraction of sp³-hybridized carbons (Fsp3) is 0.833. The standard InChI is InChI=1S/C4H8O.C2HCl3O2.H2O/c1-2-4-5-3-1;3-2(4,5)1(6)7;/h1-4H2;(H,6,7);1H2. The van der Waals surface area contributed by atoms with Crippen molar-refractivity contribution in [3.63, 3.8) is 0 Å². The van der Waals surface area contributed by atoms with Gasteiger partial charge >= 0.3 is 5.97 Å². The van der Waals surface area contributed by atoms with E-state index < -0.39 is 9.76 Å². The van der Waals surface area contributed by atoms with Crippen LogP contribution in [0.1, 0.15) is 12.8 Å². The molecule has 7 heteroatoms. The third-order valence-corrected chi connectivity index (χ3v) is 1.55. The summed E-state index contributed by atoms with van der Waals surface area (Å²) in [5.41, 5.74) is 0. The molecule has 13 heavy (non-hydrogen) atoms. The lowest BCUT2D eigenvalue weighted by Gasteiger charge is -1.99. The van der Waals surface area contributed by atoms with Crippen LogP contribution in [-0.4, -0.2) is 33.6 Å². The van der Waals surface area contributed by atoms with Crippen molar-refractivity contribution in [1.29, 1.82) is 0 Å². The van der Waals surface area contributed by atoms with Crippen LogP contribution in [0.4, 0.5) is 0 Å². The van der Waals surface area contributed by atoms with E-state index in [1.807, 2.05) is 0 Å². The van der Waals surface area contributed by atoms with Gasteiger partial charge in [0.15, 0.2) is 0 Å². The molecule has 1 aliphatic heterocycles. The molecule has 0 aromatic heterocycles. The highest BCUT2D eigenvalue weighted by Crippen LogP contribution is 2.25. The van der Waals surface area contributed by atoms with Gasteiger partial charge in [-0.25, -0.2) is 4.79 Å². The van der Waals surface area contributed by atoms with Gasteiger partial charge in [0.1, 0.15) is 0 Å². The Morgan fingerprint density at radius 2 is 1.54 bits per heavy atom. The summed E-state index contributed by atoms with van der Waals surface area (Å²) in [6.07, 6.45) is 2.56. The van der Waals surface area contributed by atoms with Crippen LogP contribution in [0.5, 0.6) is 0 Å². The minimum absolute atomic E-state index is 0. The van der Waals surface area contributed by atoms with Gasteiger partial charge in [-0.15, -0.1) is 0 Å². The SMILES string of the molecule is C1CCOC1.O.O=C(O)C(Cl)(Cl)Cl. The second-order valence-electron chi connectivity index (χ2n) is 2.12. The molecular weight excluding hydrogens is 242 g/mol. The maximum Gasteiger partial charge on any atom is 0.356 e. The normalized spacial score (nSPS) is 15.3. The van der Waals surface area contributed by atoms with Crippen molar-refractivity contribution in [2.75, 3.05) is 13.2 Å². The van der Waals surface area contributed by atoms with Gasteiger partial charge in [-0.3, -0.25) is 0 Å². The summed E-state index contributed by atoms with van der Waals surface area (Å²) < 4.78 is 2.78. The third kappa shape index (κ3) is 10.2. The Balaban J connectivity index is 0. The number of carboxylic acids is 1. The van der Waals surface area contributed by atoms with Crippen molar-refractivity contribution in [3.05, 3.63) is 0 Å². The van der Waals surface area contributed by atoms with Crippen LogP contribution in [-0.2, 0) is 9.53 Å². The van der Waals surface area contributed by atoms with Crippen LogP contribution in [0.15, 0.2) is 0 Å². The number of hydrogen-bond donors (Lipinski definition) is 1. The number of carbonyl (C=O) groups is 1. The van der Waals surface area contributed by atoms with Gasteiger partial charge < -0.3 is 15.3 Å². The van der Waals surface area contributed by atoms with E-state index in [-0.39, 0.29) is 5.48 Å². The Bertz CT molecular complexity index is 134. The van der Waals surface area contributed by atoms with Crippen LogP contribution in [0.25, 0.3) is 0 Å². The molecule has 1 rings (SSSR count). The zero-order valence-electron chi connectivity index (χ0n) is 6.73. The molecule has 0 atom stereocenters. The van der Waals surface area contributed by atoms with Crippen molar-refractivity contribution in [1.82, 2.24) is 0 Å². The van der Waals surface area contributed by atoms with Gasteiger partial charge in [-0.2, -0.15) is 0 Å². The lowest BCUT2D eigenvalue weighted by Crippen LogP contribution is -2.16. The highest BCUT2D eigenvalue weighted by atomic mass is 35.6. The minimum Gasteiger partial charge on any atom is -0.478 e. The summed E-state index contributed by atoms with van der Waals surface area (Å²) in [7, 11) is 0. The smallest absolute Gasteiger partial charge is 0.356 e. The predicted octanol–water partition coefficient (Wildman–Crippen LogP) is 1.41. The van der Waals surface area contributed by atoms with Gasteiger partial charge in [0.05, 0.1) is 0 Å². The molecule has 0 spiro atoms. The second-order valence-corrected chi connectivity index (χ2v) is 4.40. The largest absolute Gasteiger partial charge is 0.478 e. The van der Waals surface area contributed by atoms with Crippen LogP contribution in [0.3, 0.4) is 0 Å². The first kappa shape index (κ1) is 15.7. The number of rotatable bonds is 0. The molecule has 0 aromatic carbocycles. The fourth-order valence-electron chi connectivity index (χ4n) is 0.510. The lowest BCUT2D eigenvalue weighted by atomic mass is 10.4. The number of carboxylic acid groups (broad SMARTS) is 1. The molecule has 1 fully saturated rings. The van der Waals surface area contributed by atoms with Gasteiger partial charge in [0.2, 0.25) is 0 Å². The summed E-state index contributed by atoms with van der Waals surface area (Å²) in [6.45, 7) is 2.00. The third-order valence-electron chi connectivity index (χ3n) is 1.07. The molecule has 1 aliphatic rings. The van der Waals surface area contributed by atoms with Crippen molar-refractivity contribution in [2.24, 2.45) is 0 Å². The monoisotopic (exact) mass is 252 g/mol. The zero-order chi connectivity index (χ0) is 9.61. The Kier molecular flexibility index (Phi) is 9.24. The summed E-state index contributed by atoms with van der Waals surface area (Å²) >= 11 is 14.4. The Labute approximate surface area is 91.0 Å². The number of alkyl halides is 3. The maximum absolute atomic E-state index is 9.62. The number of hydrogen-bond acceptors (Lipinski definition) is 2. The molecule has 0 radical (unpaired) electrons. The molecule has 4 nitrogen and oxygen atoms in total. The van der Waals surface area contributed by atoms with Crippen LogP contribution in [0.2, 0.25) is 0 Å². The zero-order valence-corrected chi connectivity index (χ0v) is 8.99. The second kappa shape index (κ2) is 7.64. The van der Waals surface area contributed by atoms with Crippen molar-refractivity contribution in [2.45, 2.75) is 16.6 Å². The summed E-state index contributed by atoms with van der Waals surface area (Å²) in [5.74, 6) is -1.46. The molecule has 0 aliphatic carbocycles. The average Bonchev–Trinajstić information content (AvgIpc) is 2.39. The first-order chi connectivity index (χ1) is 5.44. The van der Waals surface area contributed by atoms with E-state index in [1.165, 1.54) is 12.8 Å².